The Morgan fingerprint density at radius 3 is 2.77 bits per heavy atom. The average molecular weight is 423 g/mol. The second kappa shape index (κ2) is 7.67. The number of imide groups is 2. The number of nitrogens with zero attached hydrogens (tertiary/aromatic N) is 4. The third-order valence-electron chi connectivity index (χ3n) is 6.07. The van der Waals surface area contributed by atoms with E-state index in [9.17, 15) is 19.2 Å². The highest BCUT2D eigenvalue weighted by molar-refractivity contribution is 6.24. The van der Waals surface area contributed by atoms with Gasteiger partial charge in [-0.25, -0.2) is 4.68 Å². The fourth-order valence-corrected chi connectivity index (χ4v) is 4.52. The molecule has 1 aromatic heterocycles. The molecule has 1 unspecified atom stereocenters. The molecule has 1 aromatic carbocycles. The number of rotatable bonds is 5. The molecule has 2 saturated heterocycles. The predicted octanol–water partition coefficient (Wildman–Crippen LogP) is -1.02. The summed E-state index contributed by atoms with van der Waals surface area (Å²) in [5.74, 6) is -2.00. The Bertz CT molecular complexity index is 1070. The van der Waals surface area contributed by atoms with Crippen molar-refractivity contribution in [3.05, 3.63) is 47.3 Å². The quantitative estimate of drug-likeness (QED) is 0.520. The highest BCUT2D eigenvalue weighted by Gasteiger charge is 2.45. The fraction of sp³-hybridized carbons (Fsp3) is 0.400. The van der Waals surface area contributed by atoms with Crippen molar-refractivity contribution in [1.82, 2.24) is 35.8 Å². The zero-order valence-corrected chi connectivity index (χ0v) is 16.6. The fourth-order valence-electron chi connectivity index (χ4n) is 4.52. The lowest BCUT2D eigenvalue weighted by atomic mass is 10.0. The van der Waals surface area contributed by atoms with E-state index in [0.717, 1.165) is 18.0 Å². The monoisotopic (exact) mass is 423 g/mol. The first-order valence-electron chi connectivity index (χ1n) is 10.2. The molecule has 3 aliphatic rings. The summed E-state index contributed by atoms with van der Waals surface area (Å²) in [7, 11) is 0. The van der Waals surface area contributed by atoms with Gasteiger partial charge < -0.3 is 10.6 Å². The zero-order valence-electron chi connectivity index (χ0n) is 16.6. The van der Waals surface area contributed by atoms with Gasteiger partial charge in [0, 0.05) is 38.3 Å². The molecule has 3 N–H and O–H groups in total. The van der Waals surface area contributed by atoms with Crippen LogP contribution in [0, 0.1) is 0 Å². The van der Waals surface area contributed by atoms with Crippen molar-refractivity contribution in [2.45, 2.75) is 37.5 Å². The van der Waals surface area contributed by atoms with Crippen LogP contribution in [0.5, 0.6) is 0 Å². The maximum absolute atomic E-state index is 13.2. The van der Waals surface area contributed by atoms with Crippen LogP contribution in [0.25, 0.3) is 0 Å². The summed E-state index contributed by atoms with van der Waals surface area (Å²) in [5.41, 5.74) is 1.29. The summed E-state index contributed by atoms with van der Waals surface area (Å²) in [6, 6.07) is 4.31. The summed E-state index contributed by atoms with van der Waals surface area (Å²) >= 11 is 0. The van der Waals surface area contributed by atoms with Crippen LogP contribution >= 0.6 is 0 Å². The van der Waals surface area contributed by atoms with Crippen LogP contribution in [-0.2, 0) is 16.1 Å². The molecule has 5 rings (SSSR count). The molecule has 3 aliphatic heterocycles. The zero-order chi connectivity index (χ0) is 21.5. The van der Waals surface area contributed by atoms with E-state index in [4.69, 9.17) is 0 Å². The highest BCUT2D eigenvalue weighted by atomic mass is 16.2. The number of benzene rings is 1. The number of carbonyl (C=O) groups excluding carboxylic acids is 4. The molecule has 11 heteroatoms. The van der Waals surface area contributed by atoms with Gasteiger partial charge in [-0.05, 0) is 18.1 Å². The Morgan fingerprint density at radius 2 is 2.00 bits per heavy atom. The molecule has 160 valence electrons. The topological polar surface area (TPSA) is 138 Å². The molecule has 2 aromatic rings. The Kier molecular flexibility index (Phi) is 4.83. The normalized spacial score (nSPS) is 25.8. The molecule has 31 heavy (non-hydrogen) atoms. The number of hydrogen-bond donors (Lipinski definition) is 3. The summed E-state index contributed by atoms with van der Waals surface area (Å²) in [6.45, 7) is 1.85. The highest BCUT2D eigenvalue weighted by Crippen LogP contribution is 2.30. The van der Waals surface area contributed by atoms with Crippen LogP contribution in [0.4, 0.5) is 0 Å². The Labute approximate surface area is 177 Å². The summed E-state index contributed by atoms with van der Waals surface area (Å²) < 4.78 is 1.80. The SMILES string of the molecule is O=C1CCC(N2C(=O)c3cccc(CN[C@@H]4CNC[C@@H]4n4ccnn4)c3C2=O)C(=O)N1. The molecule has 0 spiro atoms. The van der Waals surface area contributed by atoms with E-state index in [0.29, 0.717) is 17.7 Å². The van der Waals surface area contributed by atoms with Crippen LogP contribution in [0.15, 0.2) is 30.6 Å². The minimum atomic E-state index is -0.971. The second-order valence-electron chi connectivity index (χ2n) is 7.88. The first kappa shape index (κ1) is 19.5. The summed E-state index contributed by atoms with van der Waals surface area (Å²) in [6.07, 6.45) is 3.67. The molecule has 0 radical (unpaired) electrons. The number of fused-ring (bicyclic) bond motifs is 1. The number of hydrogen-bond acceptors (Lipinski definition) is 8. The molecule has 3 atom stereocenters. The van der Waals surface area contributed by atoms with E-state index in [1.54, 1.807) is 29.1 Å². The lowest BCUT2D eigenvalue weighted by molar-refractivity contribution is -0.136. The second-order valence-corrected chi connectivity index (χ2v) is 7.88. The smallest absolute Gasteiger partial charge is 0.262 e. The van der Waals surface area contributed by atoms with E-state index < -0.39 is 29.7 Å². The first-order chi connectivity index (χ1) is 15.0. The van der Waals surface area contributed by atoms with Crippen LogP contribution in [-0.4, -0.2) is 68.7 Å². The van der Waals surface area contributed by atoms with Crippen LogP contribution < -0.4 is 16.0 Å². The summed E-state index contributed by atoms with van der Waals surface area (Å²) in [4.78, 5) is 50.8. The molecule has 4 heterocycles. The molecule has 0 aliphatic carbocycles. The van der Waals surface area contributed by atoms with Crippen molar-refractivity contribution in [1.29, 1.82) is 0 Å². The minimum Gasteiger partial charge on any atom is -0.313 e. The average Bonchev–Trinajstić information content (AvgIpc) is 3.48. The number of aromatic nitrogens is 3. The lowest BCUT2D eigenvalue weighted by Crippen LogP contribution is -2.54. The van der Waals surface area contributed by atoms with Gasteiger partial charge in [0.1, 0.15) is 6.04 Å². The third-order valence-corrected chi connectivity index (χ3v) is 6.07. The number of nitrogens with one attached hydrogen (secondary N) is 3. The largest absolute Gasteiger partial charge is 0.313 e. The molecule has 0 bridgehead atoms. The van der Waals surface area contributed by atoms with E-state index >= 15 is 0 Å². The van der Waals surface area contributed by atoms with Crippen LogP contribution in [0.3, 0.4) is 0 Å². The molecule has 2 fully saturated rings. The van der Waals surface area contributed by atoms with Gasteiger partial charge in [0.25, 0.3) is 11.8 Å². The van der Waals surface area contributed by atoms with Gasteiger partial charge in [0.2, 0.25) is 11.8 Å². The standard InChI is InChI=1S/C20H21N7O4/c28-16-5-4-14(18(29)24-16)27-19(30)12-3-1-2-11(17(12)20(27)31)8-22-13-9-21-10-15(13)26-7-6-23-25-26/h1-3,6-7,13-15,21-22H,4-5,8-10H2,(H,24,28,29)/t13-,14?,15+/m1/s1. The Morgan fingerprint density at radius 1 is 1.13 bits per heavy atom. The van der Waals surface area contributed by atoms with Crippen LogP contribution in [0.2, 0.25) is 0 Å². The van der Waals surface area contributed by atoms with E-state index in [-0.39, 0.29) is 30.5 Å². The predicted molar refractivity (Wildman–Crippen MR) is 106 cm³/mol. The molecule has 11 nitrogen and oxygen atoms in total. The van der Waals surface area contributed by atoms with Gasteiger partial charge in [-0.2, -0.15) is 0 Å². The minimum absolute atomic E-state index is 0.0657. The van der Waals surface area contributed by atoms with Crippen molar-refractivity contribution in [3.63, 3.8) is 0 Å². The van der Waals surface area contributed by atoms with Gasteiger partial charge in [0.15, 0.2) is 0 Å². The maximum atomic E-state index is 13.2. The van der Waals surface area contributed by atoms with Gasteiger partial charge in [-0.1, -0.05) is 17.3 Å². The third kappa shape index (κ3) is 3.31. The van der Waals surface area contributed by atoms with E-state index in [1.165, 1.54) is 0 Å². The Hall–Kier alpha value is -3.44. The van der Waals surface area contributed by atoms with Crippen molar-refractivity contribution in [3.8, 4) is 0 Å². The lowest BCUT2D eigenvalue weighted by Gasteiger charge is -2.27. The number of carbonyl (C=O) groups is 4. The summed E-state index contributed by atoms with van der Waals surface area (Å²) in [5, 5.41) is 16.9. The van der Waals surface area contributed by atoms with Gasteiger partial charge >= 0.3 is 0 Å². The molecule has 4 amide bonds. The molecule has 0 saturated carbocycles. The molecular weight excluding hydrogens is 402 g/mol. The van der Waals surface area contributed by atoms with Crippen molar-refractivity contribution >= 4 is 23.6 Å². The van der Waals surface area contributed by atoms with E-state index in [1.807, 2.05) is 6.20 Å². The number of amides is 4. The molecular formula is C20H21N7O4. The van der Waals surface area contributed by atoms with Gasteiger partial charge in [-0.15, -0.1) is 5.10 Å². The van der Waals surface area contributed by atoms with Crippen LogP contribution in [0.1, 0.15) is 45.2 Å². The van der Waals surface area contributed by atoms with Gasteiger partial charge in [0.05, 0.1) is 23.4 Å². The maximum Gasteiger partial charge on any atom is 0.262 e. The van der Waals surface area contributed by atoms with Gasteiger partial charge in [-0.3, -0.25) is 29.4 Å². The Balaban J connectivity index is 1.36. The van der Waals surface area contributed by atoms with Crippen molar-refractivity contribution in [2.75, 3.05) is 13.1 Å². The van der Waals surface area contributed by atoms with Crippen molar-refractivity contribution in [2.24, 2.45) is 0 Å². The van der Waals surface area contributed by atoms with E-state index in [2.05, 4.69) is 26.3 Å². The number of piperidine rings is 1. The first-order valence-corrected chi connectivity index (χ1v) is 10.2. The van der Waals surface area contributed by atoms with Crippen molar-refractivity contribution < 1.29 is 19.2 Å².